The first-order valence-corrected chi connectivity index (χ1v) is 10.2. The summed E-state index contributed by atoms with van der Waals surface area (Å²) in [6.07, 6.45) is -5.16. The molecule has 1 unspecified atom stereocenters. The lowest BCUT2D eigenvalue weighted by molar-refractivity contribution is -0.140. The SMILES string of the molecule is O=C1CCC(N2C(=O)c3cccc(CNC(=O)c4ccc(C(F)(F)F)c(F)c4)c3C2=O)C(=O)C1. The molecule has 7 nitrogen and oxygen atoms in total. The summed E-state index contributed by atoms with van der Waals surface area (Å²) in [6, 6.07) is 5.01. The van der Waals surface area contributed by atoms with Gasteiger partial charge < -0.3 is 5.32 Å². The zero-order valence-electron chi connectivity index (χ0n) is 17.4. The number of Topliss-reactive ketones (excluding diaryl/α,β-unsaturated/α-hetero) is 2. The molecule has 2 aromatic carbocycles. The van der Waals surface area contributed by atoms with E-state index in [9.17, 15) is 41.5 Å². The molecule has 34 heavy (non-hydrogen) atoms. The zero-order valence-corrected chi connectivity index (χ0v) is 17.4. The average Bonchev–Trinajstić information content (AvgIpc) is 3.02. The van der Waals surface area contributed by atoms with Crippen LogP contribution in [0.3, 0.4) is 0 Å². The highest BCUT2D eigenvalue weighted by Crippen LogP contribution is 2.32. The van der Waals surface area contributed by atoms with Gasteiger partial charge in [-0.25, -0.2) is 4.39 Å². The van der Waals surface area contributed by atoms with Gasteiger partial charge in [0.05, 0.1) is 29.2 Å². The van der Waals surface area contributed by atoms with Crippen molar-refractivity contribution in [3.63, 3.8) is 0 Å². The highest BCUT2D eigenvalue weighted by Gasteiger charge is 2.45. The van der Waals surface area contributed by atoms with E-state index >= 15 is 0 Å². The molecule has 1 saturated carbocycles. The van der Waals surface area contributed by atoms with Gasteiger partial charge in [0, 0.05) is 18.5 Å². The molecule has 0 spiro atoms. The third-order valence-corrected chi connectivity index (χ3v) is 5.76. The maximum absolute atomic E-state index is 13.8. The second-order valence-electron chi connectivity index (χ2n) is 7.93. The van der Waals surface area contributed by atoms with E-state index in [1.165, 1.54) is 18.2 Å². The van der Waals surface area contributed by atoms with Crippen LogP contribution in [0.1, 0.15) is 61.5 Å². The lowest BCUT2D eigenvalue weighted by Gasteiger charge is -2.27. The summed E-state index contributed by atoms with van der Waals surface area (Å²) in [5.74, 6) is -4.71. The molecule has 0 bridgehead atoms. The Balaban J connectivity index is 1.53. The number of benzene rings is 2. The van der Waals surface area contributed by atoms with Gasteiger partial charge in [-0.3, -0.25) is 28.9 Å². The van der Waals surface area contributed by atoms with Crippen molar-refractivity contribution in [2.75, 3.05) is 0 Å². The Morgan fingerprint density at radius 2 is 1.79 bits per heavy atom. The summed E-state index contributed by atoms with van der Waals surface area (Å²) in [6.45, 7) is -0.283. The van der Waals surface area contributed by atoms with Crippen LogP contribution in [0.25, 0.3) is 0 Å². The number of hydrogen-bond donors (Lipinski definition) is 1. The topological polar surface area (TPSA) is 101 Å². The summed E-state index contributed by atoms with van der Waals surface area (Å²) in [4.78, 5) is 62.9. The molecule has 0 aromatic heterocycles. The van der Waals surface area contributed by atoms with Gasteiger partial charge in [-0.05, 0) is 36.2 Å². The lowest BCUT2D eigenvalue weighted by atomic mass is 9.92. The van der Waals surface area contributed by atoms with E-state index in [2.05, 4.69) is 5.32 Å². The molecule has 0 saturated heterocycles. The normalized spacial score (nSPS) is 18.4. The van der Waals surface area contributed by atoms with Crippen LogP contribution < -0.4 is 5.32 Å². The fourth-order valence-corrected chi connectivity index (χ4v) is 4.10. The number of halogens is 4. The van der Waals surface area contributed by atoms with Crippen molar-refractivity contribution in [3.05, 3.63) is 70.0 Å². The monoisotopic (exact) mass is 476 g/mol. The Bertz CT molecular complexity index is 1250. The highest BCUT2D eigenvalue weighted by atomic mass is 19.4. The van der Waals surface area contributed by atoms with Gasteiger partial charge in [0.25, 0.3) is 17.7 Å². The molecule has 1 N–H and O–H groups in total. The number of amides is 3. The van der Waals surface area contributed by atoms with E-state index in [4.69, 9.17) is 0 Å². The molecule has 2 aromatic rings. The minimum Gasteiger partial charge on any atom is -0.348 e. The quantitative estimate of drug-likeness (QED) is 0.415. The number of alkyl halides is 3. The number of ketones is 2. The van der Waals surface area contributed by atoms with Crippen LogP contribution in [0, 0.1) is 5.82 Å². The number of fused-ring (bicyclic) bond motifs is 1. The third-order valence-electron chi connectivity index (χ3n) is 5.76. The van der Waals surface area contributed by atoms with E-state index in [1.54, 1.807) is 0 Å². The van der Waals surface area contributed by atoms with E-state index in [0.717, 1.165) is 11.0 Å². The molecule has 1 fully saturated rings. The number of nitrogens with one attached hydrogen (secondary N) is 1. The molecule has 4 rings (SSSR count). The van der Waals surface area contributed by atoms with Crippen molar-refractivity contribution < 1.29 is 41.5 Å². The van der Waals surface area contributed by atoms with Gasteiger partial charge in [-0.2, -0.15) is 13.2 Å². The minimum atomic E-state index is -4.91. The van der Waals surface area contributed by atoms with Gasteiger partial charge in [0.15, 0.2) is 5.78 Å². The standard InChI is InChI=1S/C23H16F4N2O5/c24-16-8-11(4-6-15(16)23(25,26)27)20(32)28-10-12-2-1-3-14-19(12)22(34)29(21(14)33)17-7-5-13(30)9-18(17)31/h1-4,6,8,17H,5,7,9-10H2,(H,28,32). The Labute approximate surface area is 189 Å². The van der Waals surface area contributed by atoms with Crippen molar-refractivity contribution in [3.8, 4) is 0 Å². The number of carbonyl (C=O) groups is 5. The molecule has 1 aliphatic heterocycles. The molecule has 0 radical (unpaired) electrons. The average molecular weight is 476 g/mol. The Hall–Kier alpha value is -3.89. The summed E-state index contributed by atoms with van der Waals surface area (Å²) < 4.78 is 51.9. The maximum atomic E-state index is 13.8. The van der Waals surface area contributed by atoms with Crippen LogP contribution in [0.5, 0.6) is 0 Å². The molecule has 176 valence electrons. The van der Waals surface area contributed by atoms with Crippen LogP contribution in [-0.2, 0) is 22.3 Å². The first-order chi connectivity index (χ1) is 16.0. The van der Waals surface area contributed by atoms with Crippen molar-refractivity contribution in [1.82, 2.24) is 10.2 Å². The molecule has 11 heteroatoms. The number of hydrogen-bond acceptors (Lipinski definition) is 5. The van der Waals surface area contributed by atoms with Crippen LogP contribution in [0.15, 0.2) is 36.4 Å². The molecule has 1 aliphatic carbocycles. The van der Waals surface area contributed by atoms with Gasteiger partial charge >= 0.3 is 6.18 Å². The summed E-state index contributed by atoms with van der Waals surface area (Å²) in [7, 11) is 0. The largest absolute Gasteiger partial charge is 0.419 e. The van der Waals surface area contributed by atoms with Crippen molar-refractivity contribution in [1.29, 1.82) is 0 Å². The van der Waals surface area contributed by atoms with Crippen LogP contribution in [0.2, 0.25) is 0 Å². The summed E-state index contributed by atoms with van der Waals surface area (Å²) >= 11 is 0. The van der Waals surface area contributed by atoms with Crippen LogP contribution >= 0.6 is 0 Å². The Morgan fingerprint density at radius 3 is 2.44 bits per heavy atom. The van der Waals surface area contributed by atoms with Crippen LogP contribution in [-0.4, -0.2) is 40.2 Å². The van der Waals surface area contributed by atoms with Crippen molar-refractivity contribution >= 4 is 29.3 Å². The Morgan fingerprint density at radius 1 is 1.06 bits per heavy atom. The highest BCUT2D eigenvalue weighted by molar-refractivity contribution is 6.24. The Kier molecular flexibility index (Phi) is 5.80. The van der Waals surface area contributed by atoms with Gasteiger partial charge in [0.2, 0.25) is 0 Å². The first-order valence-electron chi connectivity index (χ1n) is 10.2. The van der Waals surface area contributed by atoms with Crippen molar-refractivity contribution in [2.24, 2.45) is 0 Å². The van der Waals surface area contributed by atoms with Gasteiger partial charge in [0.1, 0.15) is 11.6 Å². The first kappa shape index (κ1) is 23.3. The number of rotatable bonds is 4. The maximum Gasteiger partial charge on any atom is 0.419 e. The smallest absolute Gasteiger partial charge is 0.348 e. The van der Waals surface area contributed by atoms with Crippen molar-refractivity contribution in [2.45, 2.75) is 38.0 Å². The molecule has 1 heterocycles. The fourth-order valence-electron chi connectivity index (χ4n) is 4.10. The van der Waals surface area contributed by atoms with Gasteiger partial charge in [-0.15, -0.1) is 0 Å². The van der Waals surface area contributed by atoms with Crippen LogP contribution in [0.4, 0.5) is 17.6 Å². The van der Waals surface area contributed by atoms with E-state index in [1.807, 2.05) is 0 Å². The molecule has 3 amide bonds. The minimum absolute atomic E-state index is 0.0175. The lowest BCUT2D eigenvalue weighted by Crippen LogP contribution is -2.47. The molecular weight excluding hydrogens is 460 g/mol. The fraction of sp³-hybridized carbons (Fsp3) is 0.261. The second kappa shape index (κ2) is 8.47. The number of nitrogens with zero attached hydrogens (tertiary/aromatic N) is 1. The predicted octanol–water partition coefficient (Wildman–Crippen LogP) is 3.06. The molecular formula is C23H16F4N2O5. The van der Waals surface area contributed by atoms with E-state index in [0.29, 0.717) is 12.1 Å². The second-order valence-corrected chi connectivity index (χ2v) is 7.93. The predicted molar refractivity (Wildman–Crippen MR) is 107 cm³/mol. The zero-order chi connectivity index (χ0) is 24.8. The summed E-state index contributed by atoms with van der Waals surface area (Å²) in [5, 5.41) is 2.39. The van der Waals surface area contributed by atoms with E-state index in [-0.39, 0.29) is 53.8 Å². The summed E-state index contributed by atoms with van der Waals surface area (Å²) in [5.41, 5.74) is -1.62. The number of carbonyl (C=O) groups excluding carboxylic acids is 5. The number of imide groups is 1. The van der Waals surface area contributed by atoms with Gasteiger partial charge in [-0.1, -0.05) is 12.1 Å². The van der Waals surface area contributed by atoms with E-state index < -0.39 is 47.1 Å². The molecule has 1 atom stereocenters. The molecule has 2 aliphatic rings. The third kappa shape index (κ3) is 4.09.